The van der Waals surface area contributed by atoms with Gasteiger partial charge in [-0.1, -0.05) is 0 Å². The summed E-state index contributed by atoms with van der Waals surface area (Å²) >= 11 is 0. The highest BCUT2D eigenvalue weighted by molar-refractivity contribution is 5.94. The zero-order valence-corrected chi connectivity index (χ0v) is 14.4. The minimum absolute atomic E-state index is 0.00750. The number of nitrogens with zero attached hydrogens (tertiary/aromatic N) is 3. The van der Waals surface area contributed by atoms with Crippen LogP contribution in [0, 0.1) is 0 Å². The Hall–Kier alpha value is -1.62. The number of carbonyl (C=O) groups excluding carboxylic acids is 1. The number of pyridine rings is 1. The average Bonchev–Trinajstić information content (AvgIpc) is 2.88. The minimum Gasteiger partial charge on any atom is -0.337 e. The maximum Gasteiger partial charge on any atom is 0.254 e. The van der Waals surface area contributed by atoms with Crippen molar-refractivity contribution in [3.63, 3.8) is 0 Å². The van der Waals surface area contributed by atoms with Gasteiger partial charge < -0.3 is 9.47 Å². The lowest BCUT2D eigenvalue weighted by molar-refractivity contribution is 0.0487. The number of carbonyl (C=O) groups is 1. The van der Waals surface area contributed by atoms with Crippen LogP contribution in [0.15, 0.2) is 23.1 Å². The summed E-state index contributed by atoms with van der Waals surface area (Å²) in [7, 11) is 1.70. The van der Waals surface area contributed by atoms with Gasteiger partial charge in [0.2, 0.25) is 0 Å². The lowest BCUT2D eigenvalue weighted by Crippen LogP contribution is -2.52. The number of piperidine rings is 1. The molecule has 126 valence electrons. The molecule has 1 aromatic heterocycles. The lowest BCUT2D eigenvalue weighted by Gasteiger charge is -2.41. The number of amides is 1. The summed E-state index contributed by atoms with van der Waals surface area (Å²) in [5, 5.41) is 0. The van der Waals surface area contributed by atoms with E-state index >= 15 is 0 Å². The number of rotatable bonds is 2. The van der Waals surface area contributed by atoms with E-state index < -0.39 is 0 Å². The van der Waals surface area contributed by atoms with E-state index in [9.17, 15) is 9.59 Å². The van der Waals surface area contributed by atoms with Crippen molar-refractivity contribution in [3.8, 4) is 0 Å². The highest BCUT2D eigenvalue weighted by atomic mass is 16.2. The van der Waals surface area contributed by atoms with Gasteiger partial charge in [-0.05, 0) is 45.6 Å². The van der Waals surface area contributed by atoms with Crippen molar-refractivity contribution < 1.29 is 4.79 Å². The Morgan fingerprint density at radius 3 is 2.52 bits per heavy atom. The van der Waals surface area contributed by atoms with E-state index in [2.05, 4.69) is 18.7 Å². The van der Waals surface area contributed by atoms with Crippen LogP contribution in [0.3, 0.4) is 0 Å². The van der Waals surface area contributed by atoms with Gasteiger partial charge in [-0.15, -0.1) is 0 Å². The molecule has 3 rings (SSSR count). The second kappa shape index (κ2) is 6.48. The van der Waals surface area contributed by atoms with Crippen molar-refractivity contribution in [2.75, 3.05) is 13.1 Å². The molecule has 0 N–H and O–H groups in total. The van der Waals surface area contributed by atoms with Gasteiger partial charge in [-0.25, -0.2) is 0 Å². The largest absolute Gasteiger partial charge is 0.337 e. The highest BCUT2D eigenvalue weighted by Crippen LogP contribution is 2.30. The molecule has 0 radical (unpaired) electrons. The summed E-state index contributed by atoms with van der Waals surface area (Å²) < 4.78 is 1.49. The van der Waals surface area contributed by atoms with E-state index in [0.717, 1.165) is 25.9 Å². The van der Waals surface area contributed by atoms with E-state index in [-0.39, 0.29) is 11.5 Å². The minimum atomic E-state index is -0.133. The lowest BCUT2D eigenvalue weighted by atomic mass is 10.0. The van der Waals surface area contributed by atoms with Crippen molar-refractivity contribution >= 4 is 5.91 Å². The molecule has 1 aromatic rings. The first-order valence-corrected chi connectivity index (χ1v) is 8.70. The standard InChI is InChI=1S/C18H27N3O2/c1-13-6-7-14(2)21(13)16-5-4-9-20(12-16)18(23)15-8-10-19(3)17(22)11-15/h8,10-11,13-14,16H,4-7,9,12H2,1-3H3/t13-,14+,16-/m1/s1. The Bertz CT molecular complexity index is 629. The van der Waals surface area contributed by atoms with Crippen LogP contribution in [0.5, 0.6) is 0 Å². The van der Waals surface area contributed by atoms with Gasteiger partial charge in [0, 0.05) is 56.1 Å². The Morgan fingerprint density at radius 2 is 1.87 bits per heavy atom. The van der Waals surface area contributed by atoms with Gasteiger partial charge in [-0.3, -0.25) is 14.5 Å². The molecule has 0 aliphatic carbocycles. The first kappa shape index (κ1) is 16.2. The maximum absolute atomic E-state index is 12.7. The zero-order valence-electron chi connectivity index (χ0n) is 14.4. The molecule has 3 atom stereocenters. The second-order valence-electron chi connectivity index (χ2n) is 7.13. The molecular weight excluding hydrogens is 290 g/mol. The zero-order chi connectivity index (χ0) is 16.6. The van der Waals surface area contributed by atoms with E-state index in [4.69, 9.17) is 0 Å². The molecule has 1 amide bonds. The van der Waals surface area contributed by atoms with Gasteiger partial charge >= 0.3 is 0 Å². The fraction of sp³-hybridized carbons (Fsp3) is 0.667. The molecule has 5 heteroatoms. The molecule has 0 aromatic carbocycles. The third-order valence-electron chi connectivity index (χ3n) is 5.48. The number of aryl methyl sites for hydroxylation is 1. The Kier molecular flexibility index (Phi) is 4.57. The van der Waals surface area contributed by atoms with E-state index in [1.54, 1.807) is 19.3 Å². The maximum atomic E-state index is 12.7. The Labute approximate surface area is 137 Å². The summed E-state index contributed by atoms with van der Waals surface area (Å²) in [6.45, 7) is 6.17. The highest BCUT2D eigenvalue weighted by Gasteiger charge is 2.36. The fourth-order valence-corrected chi connectivity index (χ4v) is 4.18. The normalized spacial score (nSPS) is 29.0. The van der Waals surface area contributed by atoms with Crippen LogP contribution >= 0.6 is 0 Å². The van der Waals surface area contributed by atoms with Gasteiger partial charge in [-0.2, -0.15) is 0 Å². The van der Waals surface area contributed by atoms with E-state index in [1.165, 1.54) is 23.5 Å². The van der Waals surface area contributed by atoms with Crippen LogP contribution in [0.25, 0.3) is 0 Å². The number of hydrogen-bond acceptors (Lipinski definition) is 3. The number of aromatic nitrogens is 1. The molecule has 0 unspecified atom stereocenters. The van der Waals surface area contributed by atoms with Crippen LogP contribution in [0.4, 0.5) is 0 Å². The van der Waals surface area contributed by atoms with Gasteiger partial charge in [0.15, 0.2) is 0 Å². The molecule has 0 spiro atoms. The molecule has 23 heavy (non-hydrogen) atoms. The first-order chi connectivity index (χ1) is 11.0. The smallest absolute Gasteiger partial charge is 0.254 e. The van der Waals surface area contributed by atoms with Crippen molar-refractivity contribution in [1.29, 1.82) is 0 Å². The van der Waals surface area contributed by atoms with Crippen LogP contribution in [0.1, 0.15) is 49.9 Å². The SMILES string of the molecule is C[C@@H]1CC[C@H](C)N1[C@@H]1CCCN(C(=O)c2ccn(C)c(=O)c2)C1. The van der Waals surface area contributed by atoms with Crippen LogP contribution in [-0.4, -0.2) is 51.5 Å². The molecular formula is C18H27N3O2. The molecule has 3 heterocycles. The third kappa shape index (κ3) is 3.20. The summed E-state index contributed by atoms with van der Waals surface area (Å²) in [4.78, 5) is 29.0. The third-order valence-corrected chi connectivity index (χ3v) is 5.48. The Balaban J connectivity index is 1.74. The topological polar surface area (TPSA) is 45.5 Å². The number of likely N-dealkylation sites (tertiary alicyclic amines) is 2. The summed E-state index contributed by atoms with van der Waals surface area (Å²) in [6, 6.07) is 4.86. The second-order valence-corrected chi connectivity index (χ2v) is 7.13. The molecule has 0 bridgehead atoms. The summed E-state index contributed by atoms with van der Waals surface area (Å²) in [6.07, 6.45) is 6.37. The Morgan fingerprint density at radius 1 is 1.17 bits per heavy atom. The van der Waals surface area contributed by atoms with Crippen LogP contribution < -0.4 is 5.56 Å². The van der Waals surface area contributed by atoms with Crippen molar-refractivity contribution in [2.45, 2.75) is 57.7 Å². The number of hydrogen-bond donors (Lipinski definition) is 0. The quantitative estimate of drug-likeness (QED) is 0.836. The van der Waals surface area contributed by atoms with Crippen molar-refractivity contribution in [1.82, 2.24) is 14.4 Å². The van der Waals surface area contributed by atoms with Crippen LogP contribution in [0.2, 0.25) is 0 Å². The summed E-state index contributed by atoms with van der Waals surface area (Å²) in [5.74, 6) is -0.00750. The molecule has 5 nitrogen and oxygen atoms in total. The molecule has 0 saturated carbocycles. The van der Waals surface area contributed by atoms with Gasteiger partial charge in [0.05, 0.1) is 0 Å². The van der Waals surface area contributed by atoms with Gasteiger partial charge in [0.25, 0.3) is 11.5 Å². The molecule has 2 aliphatic rings. The predicted octanol–water partition coefficient (Wildman–Crippen LogP) is 1.86. The summed E-state index contributed by atoms with van der Waals surface area (Å²) in [5.41, 5.74) is 0.377. The fourth-order valence-electron chi connectivity index (χ4n) is 4.18. The molecule has 2 fully saturated rings. The van der Waals surface area contributed by atoms with E-state index in [1.807, 2.05) is 4.90 Å². The van der Waals surface area contributed by atoms with Crippen LogP contribution in [-0.2, 0) is 7.05 Å². The molecule has 2 aliphatic heterocycles. The monoisotopic (exact) mass is 317 g/mol. The molecule has 2 saturated heterocycles. The van der Waals surface area contributed by atoms with E-state index in [0.29, 0.717) is 23.7 Å². The predicted molar refractivity (Wildman–Crippen MR) is 90.6 cm³/mol. The van der Waals surface area contributed by atoms with Gasteiger partial charge in [0.1, 0.15) is 0 Å². The van der Waals surface area contributed by atoms with Crippen molar-refractivity contribution in [2.24, 2.45) is 7.05 Å². The average molecular weight is 317 g/mol. The van der Waals surface area contributed by atoms with Crippen molar-refractivity contribution in [3.05, 3.63) is 34.2 Å². The first-order valence-electron chi connectivity index (χ1n) is 8.70.